The van der Waals surface area contributed by atoms with Gasteiger partial charge in [-0.05, 0) is 23.6 Å². The molecule has 104 valence electrons. The van der Waals surface area contributed by atoms with E-state index in [4.69, 9.17) is 0 Å². The molecule has 21 heavy (non-hydrogen) atoms. The highest BCUT2D eigenvalue weighted by Gasteiger charge is 2.08. The molecule has 0 saturated carbocycles. The van der Waals surface area contributed by atoms with E-state index in [-0.39, 0.29) is 5.69 Å². The molecule has 2 amide bonds. The van der Waals surface area contributed by atoms with Gasteiger partial charge in [-0.15, -0.1) is 0 Å². The molecule has 4 heteroatoms. The van der Waals surface area contributed by atoms with E-state index in [9.17, 15) is 9.18 Å². The summed E-state index contributed by atoms with van der Waals surface area (Å²) in [6.45, 7) is 0. The van der Waals surface area contributed by atoms with Gasteiger partial charge in [0.25, 0.3) is 0 Å². The van der Waals surface area contributed by atoms with E-state index < -0.39 is 11.8 Å². The topological polar surface area (TPSA) is 41.1 Å². The monoisotopic (exact) mass is 280 g/mol. The van der Waals surface area contributed by atoms with Crippen LogP contribution in [0.5, 0.6) is 0 Å². The predicted molar refractivity (Wildman–Crippen MR) is 83.0 cm³/mol. The zero-order chi connectivity index (χ0) is 14.7. The summed E-state index contributed by atoms with van der Waals surface area (Å²) in [5.74, 6) is -0.467. The molecule has 2 N–H and O–H groups in total. The van der Waals surface area contributed by atoms with Gasteiger partial charge in [0.05, 0.1) is 11.4 Å². The average molecular weight is 280 g/mol. The highest BCUT2D eigenvalue weighted by Crippen LogP contribution is 2.23. The van der Waals surface area contributed by atoms with Crippen LogP contribution in [-0.2, 0) is 0 Å². The molecule has 0 aliphatic rings. The second-order valence-corrected chi connectivity index (χ2v) is 4.59. The van der Waals surface area contributed by atoms with Gasteiger partial charge in [-0.3, -0.25) is 0 Å². The second kappa shape index (κ2) is 5.63. The van der Waals surface area contributed by atoms with Crippen LogP contribution in [0.2, 0.25) is 0 Å². The van der Waals surface area contributed by atoms with Crippen molar-refractivity contribution in [3.8, 4) is 0 Å². The first-order valence-electron chi connectivity index (χ1n) is 6.54. The van der Waals surface area contributed by atoms with Crippen LogP contribution in [0.4, 0.5) is 20.6 Å². The Balaban J connectivity index is 1.82. The number of fused-ring (bicyclic) bond motifs is 1. The third-order valence-corrected chi connectivity index (χ3v) is 3.16. The summed E-state index contributed by atoms with van der Waals surface area (Å²) in [6, 6.07) is 18.9. The Morgan fingerprint density at radius 3 is 2.24 bits per heavy atom. The van der Waals surface area contributed by atoms with Gasteiger partial charge in [0.15, 0.2) is 0 Å². The number of para-hydroxylation sites is 1. The van der Waals surface area contributed by atoms with Crippen molar-refractivity contribution < 1.29 is 9.18 Å². The van der Waals surface area contributed by atoms with Crippen LogP contribution >= 0.6 is 0 Å². The summed E-state index contributed by atoms with van der Waals surface area (Å²) in [6.07, 6.45) is 0. The summed E-state index contributed by atoms with van der Waals surface area (Å²) in [5.41, 5.74) is 0.831. The maximum absolute atomic E-state index is 13.5. The van der Waals surface area contributed by atoms with Gasteiger partial charge >= 0.3 is 6.03 Å². The van der Waals surface area contributed by atoms with E-state index in [1.54, 1.807) is 12.1 Å². The van der Waals surface area contributed by atoms with Crippen LogP contribution in [0.1, 0.15) is 0 Å². The summed E-state index contributed by atoms with van der Waals surface area (Å²) < 4.78 is 13.5. The molecule has 0 fully saturated rings. The Hall–Kier alpha value is -2.88. The summed E-state index contributed by atoms with van der Waals surface area (Å²) in [7, 11) is 0. The molecule has 0 heterocycles. The number of halogens is 1. The fourth-order valence-corrected chi connectivity index (χ4v) is 2.17. The molecule has 3 aromatic rings. The summed E-state index contributed by atoms with van der Waals surface area (Å²) in [5, 5.41) is 7.21. The molecule has 3 rings (SSSR count). The lowest BCUT2D eigenvalue weighted by Crippen LogP contribution is -2.20. The van der Waals surface area contributed by atoms with Gasteiger partial charge in [0.1, 0.15) is 5.82 Å². The Morgan fingerprint density at radius 2 is 1.38 bits per heavy atom. The first-order valence-corrected chi connectivity index (χ1v) is 6.54. The SMILES string of the molecule is O=C(Nc1ccccc1F)Nc1cccc2ccccc12. The van der Waals surface area contributed by atoms with Crippen LogP contribution in [-0.4, -0.2) is 6.03 Å². The van der Waals surface area contributed by atoms with Crippen LogP contribution in [0.3, 0.4) is 0 Å². The van der Waals surface area contributed by atoms with E-state index in [0.29, 0.717) is 5.69 Å². The lowest BCUT2D eigenvalue weighted by atomic mass is 10.1. The minimum Gasteiger partial charge on any atom is -0.307 e. The Kier molecular flexibility index (Phi) is 3.51. The molecule has 0 spiro atoms. The Bertz CT molecular complexity index is 796. The predicted octanol–water partition coefficient (Wildman–Crippen LogP) is 4.62. The molecule has 0 radical (unpaired) electrons. The number of hydrogen-bond acceptors (Lipinski definition) is 1. The van der Waals surface area contributed by atoms with Crippen molar-refractivity contribution in [2.75, 3.05) is 10.6 Å². The molecule has 0 atom stereocenters. The van der Waals surface area contributed by atoms with Crippen LogP contribution in [0.15, 0.2) is 66.7 Å². The van der Waals surface area contributed by atoms with E-state index in [0.717, 1.165) is 10.8 Å². The zero-order valence-corrected chi connectivity index (χ0v) is 11.1. The van der Waals surface area contributed by atoms with Crippen LogP contribution < -0.4 is 10.6 Å². The second-order valence-electron chi connectivity index (χ2n) is 4.59. The van der Waals surface area contributed by atoms with Gasteiger partial charge in [-0.25, -0.2) is 9.18 Å². The summed E-state index contributed by atoms with van der Waals surface area (Å²) in [4.78, 5) is 12.0. The van der Waals surface area contributed by atoms with Gasteiger partial charge in [-0.2, -0.15) is 0 Å². The number of amides is 2. The quantitative estimate of drug-likeness (QED) is 0.706. The van der Waals surface area contributed by atoms with E-state index >= 15 is 0 Å². The first kappa shape index (κ1) is 13.1. The highest BCUT2D eigenvalue weighted by atomic mass is 19.1. The van der Waals surface area contributed by atoms with E-state index in [1.165, 1.54) is 12.1 Å². The molecular weight excluding hydrogens is 267 g/mol. The third-order valence-electron chi connectivity index (χ3n) is 3.16. The maximum Gasteiger partial charge on any atom is 0.323 e. The molecule has 0 aliphatic carbocycles. The first-order chi connectivity index (χ1) is 10.2. The minimum atomic E-state index is -0.476. The number of carbonyl (C=O) groups excluding carboxylic acids is 1. The van der Waals surface area contributed by atoms with Gasteiger partial charge in [-0.1, -0.05) is 48.5 Å². The van der Waals surface area contributed by atoms with Gasteiger partial charge in [0, 0.05) is 5.39 Å². The lowest BCUT2D eigenvalue weighted by molar-refractivity contribution is 0.262. The summed E-state index contributed by atoms with van der Waals surface area (Å²) >= 11 is 0. The number of hydrogen-bond donors (Lipinski definition) is 2. The molecule has 0 unspecified atom stereocenters. The van der Waals surface area contributed by atoms with Gasteiger partial charge < -0.3 is 10.6 Å². The average Bonchev–Trinajstić information content (AvgIpc) is 2.50. The lowest BCUT2D eigenvalue weighted by Gasteiger charge is -2.10. The number of benzene rings is 3. The number of carbonyl (C=O) groups is 1. The van der Waals surface area contributed by atoms with Crippen molar-refractivity contribution in [1.29, 1.82) is 0 Å². The fourth-order valence-electron chi connectivity index (χ4n) is 2.17. The normalized spacial score (nSPS) is 10.3. The van der Waals surface area contributed by atoms with Crippen molar-refractivity contribution in [3.63, 3.8) is 0 Å². The minimum absolute atomic E-state index is 0.148. The van der Waals surface area contributed by atoms with E-state index in [2.05, 4.69) is 10.6 Å². The molecule has 0 aromatic heterocycles. The third kappa shape index (κ3) is 2.84. The van der Waals surface area contributed by atoms with Crippen molar-refractivity contribution in [2.45, 2.75) is 0 Å². The molecule has 3 aromatic carbocycles. The molecule has 3 nitrogen and oxygen atoms in total. The van der Waals surface area contributed by atoms with Crippen molar-refractivity contribution >= 4 is 28.2 Å². The largest absolute Gasteiger partial charge is 0.323 e. The van der Waals surface area contributed by atoms with Crippen molar-refractivity contribution in [2.24, 2.45) is 0 Å². The van der Waals surface area contributed by atoms with Gasteiger partial charge in [0.2, 0.25) is 0 Å². The smallest absolute Gasteiger partial charge is 0.307 e. The maximum atomic E-state index is 13.5. The highest BCUT2D eigenvalue weighted by molar-refractivity contribution is 6.06. The number of rotatable bonds is 2. The molecule has 0 saturated heterocycles. The standard InChI is InChI=1S/C17H13FN2O/c18-14-9-3-4-10-16(14)20-17(21)19-15-11-5-7-12-6-1-2-8-13(12)15/h1-11H,(H2,19,20,21). The molecule has 0 bridgehead atoms. The van der Waals surface area contributed by atoms with Crippen LogP contribution in [0, 0.1) is 5.82 Å². The van der Waals surface area contributed by atoms with Crippen molar-refractivity contribution in [1.82, 2.24) is 0 Å². The van der Waals surface area contributed by atoms with Crippen LogP contribution in [0.25, 0.3) is 10.8 Å². The Labute approximate surface area is 121 Å². The molecular formula is C17H13FN2O. The Morgan fingerprint density at radius 1 is 0.762 bits per heavy atom. The van der Waals surface area contributed by atoms with E-state index in [1.807, 2.05) is 42.5 Å². The number of urea groups is 1. The molecule has 0 aliphatic heterocycles. The zero-order valence-electron chi connectivity index (χ0n) is 11.1. The number of anilines is 2. The van der Waals surface area contributed by atoms with Crippen molar-refractivity contribution in [3.05, 3.63) is 72.5 Å². The fraction of sp³-hybridized carbons (Fsp3) is 0. The number of nitrogens with one attached hydrogen (secondary N) is 2.